The second-order valence-electron chi connectivity index (χ2n) is 7.06. The smallest absolute Gasteiger partial charge is 0.294 e. The largest absolute Gasteiger partial charge is 0.505 e. The summed E-state index contributed by atoms with van der Waals surface area (Å²) in [7, 11) is -4.52. The first-order valence-electron chi connectivity index (χ1n) is 9.02. The zero-order valence-corrected chi connectivity index (χ0v) is 17.7. The molecule has 8 nitrogen and oxygen atoms in total. The second-order valence-corrected chi connectivity index (χ2v) is 8.48. The number of carbonyl (C=O) groups excluding carboxylic acids is 1. The van der Waals surface area contributed by atoms with Gasteiger partial charge < -0.3 is 10.4 Å². The molecule has 0 aliphatic carbocycles. The molecule has 3 aromatic rings. The predicted molar refractivity (Wildman–Crippen MR) is 115 cm³/mol. The number of anilines is 1. The van der Waals surface area contributed by atoms with Gasteiger partial charge in [-0.05, 0) is 61.0 Å². The lowest BCUT2D eigenvalue weighted by Gasteiger charge is -2.14. The fourth-order valence-corrected chi connectivity index (χ4v) is 3.79. The molecule has 0 bridgehead atoms. The number of hydrogen-bond acceptors (Lipinski definition) is 6. The number of aromatic hydroxyl groups is 1. The summed E-state index contributed by atoms with van der Waals surface area (Å²) in [5.41, 5.74) is 3.29. The Bertz CT molecular complexity index is 1290. The van der Waals surface area contributed by atoms with Crippen LogP contribution in [0.4, 0.5) is 17.1 Å². The Morgan fingerprint density at radius 2 is 1.57 bits per heavy atom. The van der Waals surface area contributed by atoms with Crippen LogP contribution in [0.5, 0.6) is 5.75 Å². The highest BCUT2D eigenvalue weighted by Crippen LogP contribution is 2.43. The highest BCUT2D eigenvalue weighted by atomic mass is 32.2. The van der Waals surface area contributed by atoms with E-state index in [1.807, 2.05) is 32.0 Å². The van der Waals surface area contributed by atoms with Crippen molar-refractivity contribution in [1.82, 2.24) is 0 Å². The number of nitrogens with zero attached hydrogens (tertiary/aromatic N) is 2. The lowest BCUT2D eigenvalue weighted by Crippen LogP contribution is -2.08. The lowest BCUT2D eigenvalue weighted by molar-refractivity contribution is -0.114. The number of benzene rings is 3. The molecule has 0 saturated heterocycles. The van der Waals surface area contributed by atoms with Crippen LogP contribution in [-0.2, 0) is 14.9 Å². The van der Waals surface area contributed by atoms with Gasteiger partial charge in [0.15, 0.2) is 5.75 Å². The molecule has 0 fully saturated rings. The van der Waals surface area contributed by atoms with Crippen molar-refractivity contribution in [1.29, 1.82) is 0 Å². The molecule has 0 spiro atoms. The van der Waals surface area contributed by atoms with E-state index < -0.39 is 20.9 Å². The molecular weight excluding hydrogens is 406 g/mol. The van der Waals surface area contributed by atoms with E-state index in [9.17, 15) is 22.9 Å². The van der Waals surface area contributed by atoms with Crippen molar-refractivity contribution < 1.29 is 22.9 Å². The van der Waals surface area contributed by atoms with E-state index in [1.54, 1.807) is 13.0 Å². The van der Waals surface area contributed by atoms with Crippen LogP contribution in [0.2, 0.25) is 0 Å². The Morgan fingerprint density at radius 1 is 0.967 bits per heavy atom. The fourth-order valence-electron chi connectivity index (χ4n) is 3.25. The molecule has 0 aliphatic rings. The van der Waals surface area contributed by atoms with Gasteiger partial charge in [0.05, 0.1) is 16.3 Å². The minimum atomic E-state index is -4.52. The topological polar surface area (TPSA) is 128 Å². The number of phenols is 1. The average Bonchev–Trinajstić information content (AvgIpc) is 2.61. The number of azo groups is 1. The van der Waals surface area contributed by atoms with E-state index in [2.05, 4.69) is 15.5 Å². The number of carbonyl (C=O) groups is 1. The third-order valence-electron chi connectivity index (χ3n) is 4.65. The van der Waals surface area contributed by atoms with Gasteiger partial charge in [-0.2, -0.15) is 8.42 Å². The second kappa shape index (κ2) is 7.85. The highest BCUT2D eigenvalue weighted by molar-refractivity contribution is 7.85. The van der Waals surface area contributed by atoms with Crippen molar-refractivity contribution in [2.45, 2.75) is 32.6 Å². The minimum absolute atomic E-state index is 0.0358. The number of rotatable bonds is 4. The van der Waals surface area contributed by atoms with Gasteiger partial charge >= 0.3 is 0 Å². The van der Waals surface area contributed by atoms with Gasteiger partial charge in [0.1, 0.15) is 5.69 Å². The van der Waals surface area contributed by atoms with Gasteiger partial charge in [-0.3, -0.25) is 9.35 Å². The van der Waals surface area contributed by atoms with Crippen LogP contribution < -0.4 is 5.32 Å². The van der Waals surface area contributed by atoms with Crippen LogP contribution in [0.1, 0.15) is 23.6 Å². The minimum Gasteiger partial charge on any atom is -0.505 e. The van der Waals surface area contributed by atoms with Crippen molar-refractivity contribution in [3.05, 3.63) is 53.1 Å². The van der Waals surface area contributed by atoms with Crippen LogP contribution in [0.25, 0.3) is 10.8 Å². The molecule has 3 rings (SSSR count). The summed E-state index contributed by atoms with van der Waals surface area (Å²) in [6, 6.07) is 9.62. The Hall–Kier alpha value is -3.30. The molecule has 0 aliphatic heterocycles. The number of nitrogens with one attached hydrogen (secondary N) is 1. The highest BCUT2D eigenvalue weighted by Gasteiger charge is 2.19. The first-order chi connectivity index (χ1) is 14.0. The number of amides is 1. The summed E-state index contributed by atoms with van der Waals surface area (Å²) < 4.78 is 32.7. The number of hydrogen-bond donors (Lipinski definition) is 3. The normalized spacial score (nSPS) is 11.9. The molecule has 9 heteroatoms. The fraction of sp³-hybridized carbons (Fsp3) is 0.190. The van der Waals surface area contributed by atoms with Crippen LogP contribution >= 0.6 is 0 Å². The zero-order valence-electron chi connectivity index (χ0n) is 16.9. The number of aryl methyl sites for hydroxylation is 3. The molecule has 0 heterocycles. The van der Waals surface area contributed by atoms with E-state index in [4.69, 9.17) is 0 Å². The molecule has 3 aromatic carbocycles. The Labute approximate surface area is 174 Å². The van der Waals surface area contributed by atoms with Gasteiger partial charge in [0, 0.05) is 12.3 Å². The third-order valence-corrected chi connectivity index (χ3v) is 5.48. The summed E-state index contributed by atoms with van der Waals surface area (Å²) >= 11 is 0. The molecule has 0 unspecified atom stereocenters. The first-order valence-corrected chi connectivity index (χ1v) is 10.5. The monoisotopic (exact) mass is 427 g/mol. The zero-order chi connectivity index (χ0) is 22.2. The molecule has 0 radical (unpaired) electrons. The predicted octanol–water partition coefficient (Wildman–Crippen LogP) is 5.09. The Kier molecular flexibility index (Phi) is 5.60. The van der Waals surface area contributed by atoms with Crippen molar-refractivity contribution in [3.63, 3.8) is 0 Å². The standard InChI is InChI=1S/C21H21N3O5S/c1-11-6-5-7-12(2)19(11)23-24-20-13(3)8-15-9-16(30(27,28)29)10-17(22-14(4)25)18(15)21(20)26/h5-10,26H,1-4H3,(H,22,25)(H,27,28,29). The van der Waals surface area contributed by atoms with E-state index in [0.29, 0.717) is 16.6 Å². The van der Waals surface area contributed by atoms with E-state index in [1.165, 1.54) is 13.0 Å². The van der Waals surface area contributed by atoms with Gasteiger partial charge in [-0.15, -0.1) is 10.2 Å². The molecule has 1 amide bonds. The average molecular weight is 427 g/mol. The van der Waals surface area contributed by atoms with Crippen LogP contribution in [0.15, 0.2) is 51.5 Å². The Balaban J connectivity index is 2.27. The molecule has 3 N–H and O–H groups in total. The molecule has 0 saturated carbocycles. The summed E-state index contributed by atoms with van der Waals surface area (Å²) in [6.07, 6.45) is 0. The van der Waals surface area contributed by atoms with Gasteiger partial charge in [0.25, 0.3) is 10.1 Å². The maximum absolute atomic E-state index is 11.6. The molecule has 156 valence electrons. The quantitative estimate of drug-likeness (QED) is 0.394. The first kappa shape index (κ1) is 21.4. The van der Waals surface area contributed by atoms with Gasteiger partial charge in [-0.1, -0.05) is 18.2 Å². The van der Waals surface area contributed by atoms with Crippen LogP contribution in [0, 0.1) is 20.8 Å². The summed E-state index contributed by atoms with van der Waals surface area (Å²) in [5, 5.41) is 22.4. The summed E-state index contributed by atoms with van der Waals surface area (Å²) in [5.74, 6) is -0.729. The van der Waals surface area contributed by atoms with Crippen molar-refractivity contribution in [2.75, 3.05) is 5.32 Å². The lowest BCUT2D eigenvalue weighted by atomic mass is 10.0. The van der Waals surface area contributed by atoms with E-state index in [0.717, 1.165) is 17.2 Å². The number of fused-ring (bicyclic) bond motifs is 1. The molecule has 0 atom stereocenters. The molecule has 30 heavy (non-hydrogen) atoms. The summed E-state index contributed by atoms with van der Waals surface area (Å²) in [4.78, 5) is 11.2. The third kappa shape index (κ3) is 4.17. The maximum atomic E-state index is 11.6. The molecular formula is C21H21N3O5S. The summed E-state index contributed by atoms with van der Waals surface area (Å²) in [6.45, 7) is 6.75. The number of phenolic OH excluding ortho intramolecular Hbond substituents is 1. The van der Waals surface area contributed by atoms with Crippen LogP contribution in [0.3, 0.4) is 0 Å². The van der Waals surface area contributed by atoms with Crippen molar-refractivity contribution in [3.8, 4) is 5.75 Å². The van der Waals surface area contributed by atoms with Crippen LogP contribution in [-0.4, -0.2) is 24.0 Å². The maximum Gasteiger partial charge on any atom is 0.294 e. The van der Waals surface area contributed by atoms with E-state index in [-0.39, 0.29) is 22.5 Å². The SMILES string of the molecule is CC(=O)Nc1cc(S(=O)(=O)O)cc2cc(C)c(N=Nc3c(C)cccc3C)c(O)c12. The van der Waals surface area contributed by atoms with E-state index >= 15 is 0 Å². The van der Waals surface area contributed by atoms with Gasteiger partial charge in [0.2, 0.25) is 5.91 Å². The molecule has 0 aromatic heterocycles. The van der Waals surface area contributed by atoms with Gasteiger partial charge in [-0.25, -0.2) is 0 Å². The van der Waals surface area contributed by atoms with Crippen molar-refractivity contribution >= 4 is 43.9 Å². The van der Waals surface area contributed by atoms with Crippen molar-refractivity contribution in [2.24, 2.45) is 10.2 Å². The Morgan fingerprint density at radius 3 is 2.13 bits per heavy atom.